The summed E-state index contributed by atoms with van der Waals surface area (Å²) in [4.78, 5) is 0. The molecule has 3 heteroatoms. The van der Waals surface area contributed by atoms with E-state index in [2.05, 4.69) is 0 Å². The molecule has 3 nitrogen and oxygen atoms in total. The molecule has 0 amide bonds. The minimum atomic E-state index is -0.471. The van der Waals surface area contributed by atoms with Gasteiger partial charge < -0.3 is 14.6 Å². The fourth-order valence-corrected chi connectivity index (χ4v) is 2.02. The molecule has 0 aromatic carbocycles. The topological polar surface area (TPSA) is 38.7 Å². The molecule has 0 saturated carbocycles. The number of rotatable bonds is 0. The van der Waals surface area contributed by atoms with Gasteiger partial charge in [0.15, 0.2) is 0 Å². The lowest BCUT2D eigenvalue weighted by molar-refractivity contribution is -0.148. The number of aliphatic hydroxyl groups excluding tert-OH is 1. The summed E-state index contributed by atoms with van der Waals surface area (Å²) in [6.45, 7) is 4.48. The molecule has 2 rings (SSSR count). The van der Waals surface area contributed by atoms with Crippen molar-refractivity contribution >= 4 is 0 Å². The van der Waals surface area contributed by atoms with Gasteiger partial charge in [0.2, 0.25) is 0 Å². The zero-order valence-electron chi connectivity index (χ0n) is 6.91. The Kier molecular flexibility index (Phi) is 1.50. The third kappa shape index (κ3) is 0.991. The van der Waals surface area contributed by atoms with Gasteiger partial charge in [0.05, 0.1) is 24.4 Å². The summed E-state index contributed by atoms with van der Waals surface area (Å²) in [5.74, 6) is 0. The molecular weight excluding hydrogens is 144 g/mol. The van der Waals surface area contributed by atoms with Crippen molar-refractivity contribution in [3.05, 3.63) is 0 Å². The van der Waals surface area contributed by atoms with Gasteiger partial charge in [-0.3, -0.25) is 0 Å². The molecule has 0 aliphatic carbocycles. The Morgan fingerprint density at radius 3 is 3.00 bits per heavy atom. The van der Waals surface area contributed by atoms with Gasteiger partial charge in [-0.05, 0) is 13.8 Å². The first kappa shape index (κ1) is 7.53. The Morgan fingerprint density at radius 1 is 1.55 bits per heavy atom. The van der Waals surface area contributed by atoms with Crippen LogP contribution in [0, 0.1) is 0 Å². The number of aliphatic hydroxyl groups is 1. The van der Waals surface area contributed by atoms with Crippen LogP contribution in [-0.4, -0.2) is 35.6 Å². The van der Waals surface area contributed by atoms with Crippen molar-refractivity contribution in [1.29, 1.82) is 0 Å². The van der Waals surface area contributed by atoms with Crippen molar-refractivity contribution in [2.45, 2.75) is 44.2 Å². The highest BCUT2D eigenvalue weighted by molar-refractivity contribution is 4.98. The molecule has 2 aliphatic heterocycles. The Bertz CT molecular complexity index is 171. The summed E-state index contributed by atoms with van der Waals surface area (Å²) >= 11 is 0. The zero-order chi connectivity index (χ0) is 8.06. The summed E-state index contributed by atoms with van der Waals surface area (Å²) in [6.07, 6.45) is 0.485. The van der Waals surface area contributed by atoms with E-state index in [0.717, 1.165) is 6.42 Å². The first-order chi connectivity index (χ1) is 5.12. The molecular formula is C8H14O3. The van der Waals surface area contributed by atoms with Crippen LogP contribution in [0.4, 0.5) is 0 Å². The van der Waals surface area contributed by atoms with E-state index in [-0.39, 0.29) is 17.8 Å². The molecule has 2 saturated heterocycles. The van der Waals surface area contributed by atoms with Gasteiger partial charge in [0.1, 0.15) is 6.10 Å². The van der Waals surface area contributed by atoms with Crippen LogP contribution >= 0.6 is 0 Å². The molecule has 2 bridgehead atoms. The van der Waals surface area contributed by atoms with Gasteiger partial charge in [0.25, 0.3) is 0 Å². The molecule has 0 aromatic rings. The third-order valence-corrected chi connectivity index (χ3v) is 2.71. The Hall–Kier alpha value is -0.120. The van der Waals surface area contributed by atoms with E-state index in [1.807, 2.05) is 13.8 Å². The molecule has 4 atom stereocenters. The predicted molar refractivity (Wildman–Crippen MR) is 39.3 cm³/mol. The van der Waals surface area contributed by atoms with Crippen molar-refractivity contribution < 1.29 is 14.6 Å². The lowest BCUT2D eigenvalue weighted by Gasteiger charge is -2.37. The molecule has 1 N–H and O–H groups in total. The average Bonchev–Trinajstić information content (AvgIpc) is 2.27. The molecule has 2 fully saturated rings. The molecule has 11 heavy (non-hydrogen) atoms. The van der Waals surface area contributed by atoms with E-state index in [1.165, 1.54) is 0 Å². The van der Waals surface area contributed by atoms with Crippen molar-refractivity contribution in [1.82, 2.24) is 0 Å². The molecule has 0 spiro atoms. The number of hydrogen-bond acceptors (Lipinski definition) is 3. The summed E-state index contributed by atoms with van der Waals surface area (Å²) in [5, 5.41) is 9.67. The van der Waals surface area contributed by atoms with Gasteiger partial charge in [-0.15, -0.1) is 0 Å². The molecule has 0 radical (unpaired) electrons. The highest BCUT2D eigenvalue weighted by atomic mass is 16.6. The van der Waals surface area contributed by atoms with E-state index in [1.54, 1.807) is 0 Å². The van der Waals surface area contributed by atoms with Gasteiger partial charge in [-0.1, -0.05) is 0 Å². The van der Waals surface area contributed by atoms with Crippen LogP contribution < -0.4 is 0 Å². The largest absolute Gasteiger partial charge is 0.387 e. The first-order valence-corrected chi connectivity index (χ1v) is 4.09. The Labute approximate surface area is 66.3 Å². The number of ether oxygens (including phenoxy) is 2. The maximum atomic E-state index is 9.67. The average molecular weight is 158 g/mol. The molecule has 2 unspecified atom stereocenters. The van der Waals surface area contributed by atoms with Gasteiger partial charge in [-0.2, -0.15) is 0 Å². The fourth-order valence-electron chi connectivity index (χ4n) is 2.02. The van der Waals surface area contributed by atoms with Crippen LogP contribution in [0.15, 0.2) is 0 Å². The summed E-state index contributed by atoms with van der Waals surface area (Å²) in [7, 11) is 0. The summed E-state index contributed by atoms with van der Waals surface area (Å²) < 4.78 is 11.0. The molecule has 2 aliphatic rings. The van der Waals surface area contributed by atoms with Crippen LogP contribution in [0.1, 0.15) is 20.3 Å². The van der Waals surface area contributed by atoms with Crippen molar-refractivity contribution in [3.63, 3.8) is 0 Å². The normalized spacial score (nSPS) is 56.5. The minimum absolute atomic E-state index is 0.0822. The summed E-state index contributed by atoms with van der Waals surface area (Å²) in [6, 6.07) is 0. The van der Waals surface area contributed by atoms with Gasteiger partial charge >= 0.3 is 0 Å². The van der Waals surface area contributed by atoms with E-state index in [4.69, 9.17) is 9.47 Å². The monoisotopic (exact) mass is 158 g/mol. The minimum Gasteiger partial charge on any atom is -0.387 e. The first-order valence-electron chi connectivity index (χ1n) is 4.09. The fraction of sp³-hybridized carbons (Fsp3) is 1.00. The van der Waals surface area contributed by atoms with Crippen LogP contribution in [0.2, 0.25) is 0 Å². The quantitative estimate of drug-likeness (QED) is 0.551. The third-order valence-electron chi connectivity index (χ3n) is 2.71. The van der Waals surface area contributed by atoms with E-state index < -0.39 is 6.10 Å². The number of hydrogen-bond donors (Lipinski definition) is 1. The Morgan fingerprint density at radius 2 is 2.27 bits per heavy atom. The van der Waals surface area contributed by atoms with E-state index in [9.17, 15) is 5.11 Å². The highest BCUT2D eigenvalue weighted by Gasteiger charge is 2.50. The smallest absolute Gasteiger partial charge is 0.109 e. The lowest BCUT2D eigenvalue weighted by atomic mass is 9.89. The molecule has 0 aromatic heterocycles. The Balaban J connectivity index is 2.21. The standard InChI is InChI=1S/C8H14O3/c1-5-7(9)8(2)3-6(11-5)4-10-8/h5-7,9H,3-4H2,1-2H3/t5-,6?,7?,8+/m1/s1. The van der Waals surface area contributed by atoms with Crippen LogP contribution in [0.25, 0.3) is 0 Å². The van der Waals surface area contributed by atoms with Crippen molar-refractivity contribution in [2.24, 2.45) is 0 Å². The second-order valence-electron chi connectivity index (χ2n) is 3.74. The van der Waals surface area contributed by atoms with Crippen LogP contribution in [-0.2, 0) is 9.47 Å². The van der Waals surface area contributed by atoms with E-state index in [0.29, 0.717) is 6.61 Å². The highest BCUT2D eigenvalue weighted by Crippen LogP contribution is 2.37. The second-order valence-corrected chi connectivity index (χ2v) is 3.74. The van der Waals surface area contributed by atoms with Crippen molar-refractivity contribution in [3.8, 4) is 0 Å². The SMILES string of the molecule is C[C@H]1OC2CO[C@@](C)(C2)C1O. The van der Waals surface area contributed by atoms with Crippen LogP contribution in [0.5, 0.6) is 0 Å². The van der Waals surface area contributed by atoms with Crippen molar-refractivity contribution in [2.75, 3.05) is 6.61 Å². The van der Waals surface area contributed by atoms with Gasteiger partial charge in [-0.25, -0.2) is 0 Å². The maximum Gasteiger partial charge on any atom is 0.109 e. The zero-order valence-corrected chi connectivity index (χ0v) is 6.91. The van der Waals surface area contributed by atoms with Crippen LogP contribution in [0.3, 0.4) is 0 Å². The maximum absolute atomic E-state index is 9.67. The van der Waals surface area contributed by atoms with Gasteiger partial charge in [0, 0.05) is 6.42 Å². The molecule has 2 heterocycles. The molecule has 64 valence electrons. The lowest BCUT2D eigenvalue weighted by Crippen LogP contribution is -2.50. The predicted octanol–water partition coefficient (Wildman–Crippen LogP) is 0.314. The van der Waals surface area contributed by atoms with E-state index >= 15 is 0 Å². The summed E-state index contributed by atoms with van der Waals surface area (Å²) in [5.41, 5.74) is -0.345. The second kappa shape index (κ2) is 2.19. The number of fused-ring (bicyclic) bond motifs is 2.